The molecule has 0 saturated carbocycles. The summed E-state index contributed by atoms with van der Waals surface area (Å²) in [5.74, 6) is 0. The molecule has 1 aromatic rings. The molecule has 15 heavy (non-hydrogen) atoms. The van der Waals surface area contributed by atoms with E-state index in [1.165, 1.54) is 5.56 Å². The predicted octanol–water partition coefficient (Wildman–Crippen LogP) is 1.33. The molecule has 0 bridgehead atoms. The maximum absolute atomic E-state index is 3.17. The second kappa shape index (κ2) is 3.35. The molecule has 2 radical (unpaired) electrons. The minimum absolute atomic E-state index is 0.123. The van der Waals surface area contributed by atoms with E-state index in [9.17, 15) is 0 Å². The molecule has 3 nitrogen and oxygen atoms in total. The predicted molar refractivity (Wildman–Crippen MR) is 58.7 cm³/mol. The summed E-state index contributed by atoms with van der Waals surface area (Å²) in [5, 5.41) is 6.33. The third kappa shape index (κ3) is 1.46. The molecule has 1 aromatic carbocycles. The quantitative estimate of drug-likeness (QED) is 0.711. The molecule has 2 aliphatic rings. The van der Waals surface area contributed by atoms with Crippen LogP contribution in [0.15, 0.2) is 48.9 Å². The van der Waals surface area contributed by atoms with Gasteiger partial charge in [-0.25, -0.2) is 0 Å². The molecule has 1 atom stereocenters. The molecule has 3 rings (SSSR count). The Labute approximate surface area is 89.1 Å². The Morgan fingerprint density at radius 2 is 2.07 bits per heavy atom. The van der Waals surface area contributed by atoms with Gasteiger partial charge in [0.2, 0.25) is 0 Å². The van der Waals surface area contributed by atoms with Crippen LogP contribution in [0.25, 0.3) is 5.70 Å². The number of benzene rings is 1. The molecular formula is C12H11N3. The largest absolute Gasteiger partial charge is 0.370 e. The Hall–Kier alpha value is -1.90. The zero-order valence-corrected chi connectivity index (χ0v) is 8.14. The van der Waals surface area contributed by atoms with Gasteiger partial charge in [-0.05, 0) is 5.56 Å². The minimum Gasteiger partial charge on any atom is -0.370 e. The molecule has 2 aliphatic heterocycles. The Kier molecular flexibility index (Phi) is 1.88. The van der Waals surface area contributed by atoms with Gasteiger partial charge in [0.05, 0.1) is 5.70 Å². The van der Waals surface area contributed by atoms with Crippen molar-refractivity contribution in [1.29, 1.82) is 0 Å². The average molecular weight is 197 g/mol. The second-order valence-corrected chi connectivity index (χ2v) is 3.51. The topological polar surface area (TPSA) is 27.3 Å². The van der Waals surface area contributed by atoms with Gasteiger partial charge in [-0.3, -0.25) is 0 Å². The van der Waals surface area contributed by atoms with Crippen molar-refractivity contribution in [3.8, 4) is 0 Å². The summed E-state index contributed by atoms with van der Waals surface area (Å²) >= 11 is 0. The molecule has 0 amide bonds. The highest BCUT2D eigenvalue weighted by molar-refractivity contribution is 5.65. The third-order valence-corrected chi connectivity index (χ3v) is 2.51. The van der Waals surface area contributed by atoms with Crippen LogP contribution < -0.4 is 10.6 Å². The minimum atomic E-state index is 0.123. The summed E-state index contributed by atoms with van der Waals surface area (Å²) in [6.45, 7) is 3.16. The summed E-state index contributed by atoms with van der Waals surface area (Å²) in [4.78, 5) is 2.08. The van der Waals surface area contributed by atoms with Crippen molar-refractivity contribution in [2.24, 2.45) is 0 Å². The summed E-state index contributed by atoms with van der Waals surface area (Å²) in [5.41, 5.74) is 2.24. The van der Waals surface area contributed by atoms with Crippen molar-refractivity contribution in [3.05, 3.63) is 61.0 Å². The lowest BCUT2D eigenvalue weighted by atomic mass is 10.1. The number of nitrogens with one attached hydrogen (secondary N) is 2. The van der Waals surface area contributed by atoms with Crippen LogP contribution in [-0.4, -0.2) is 11.1 Å². The van der Waals surface area contributed by atoms with Crippen LogP contribution in [0.5, 0.6) is 0 Å². The SMILES string of the molecule is [C]1NC(c2ccccc2)=CN2C=CNC12. The summed E-state index contributed by atoms with van der Waals surface area (Å²) in [6, 6.07) is 10.2. The maximum Gasteiger partial charge on any atom is 0.136 e. The molecule has 0 aromatic heterocycles. The van der Waals surface area contributed by atoms with E-state index in [1.54, 1.807) is 0 Å². The van der Waals surface area contributed by atoms with E-state index in [0.717, 1.165) is 5.70 Å². The monoisotopic (exact) mass is 197 g/mol. The van der Waals surface area contributed by atoms with E-state index in [0.29, 0.717) is 0 Å². The Morgan fingerprint density at radius 3 is 2.93 bits per heavy atom. The molecule has 0 saturated heterocycles. The van der Waals surface area contributed by atoms with Crippen molar-refractivity contribution in [2.45, 2.75) is 6.17 Å². The van der Waals surface area contributed by atoms with Crippen LogP contribution >= 0.6 is 0 Å². The summed E-state index contributed by atoms with van der Waals surface area (Å²) < 4.78 is 0. The maximum atomic E-state index is 3.17. The molecule has 2 N–H and O–H groups in total. The van der Waals surface area contributed by atoms with Crippen molar-refractivity contribution in [3.63, 3.8) is 0 Å². The van der Waals surface area contributed by atoms with Crippen molar-refractivity contribution < 1.29 is 0 Å². The van der Waals surface area contributed by atoms with Crippen LogP contribution in [0.3, 0.4) is 0 Å². The fraction of sp³-hybridized carbons (Fsp3) is 0.0833. The van der Waals surface area contributed by atoms with Gasteiger partial charge in [-0.1, -0.05) is 30.3 Å². The molecular weight excluding hydrogens is 186 g/mol. The first-order chi connectivity index (χ1) is 7.43. The van der Waals surface area contributed by atoms with Gasteiger partial charge in [0.1, 0.15) is 12.7 Å². The van der Waals surface area contributed by atoms with E-state index < -0.39 is 0 Å². The zero-order chi connectivity index (χ0) is 10.1. The molecule has 0 fully saturated rings. The van der Waals surface area contributed by atoms with Gasteiger partial charge in [0, 0.05) is 18.6 Å². The van der Waals surface area contributed by atoms with E-state index >= 15 is 0 Å². The third-order valence-electron chi connectivity index (χ3n) is 2.51. The van der Waals surface area contributed by atoms with E-state index in [1.807, 2.05) is 30.6 Å². The molecule has 0 spiro atoms. The summed E-state index contributed by atoms with van der Waals surface area (Å²) in [7, 11) is 0. The van der Waals surface area contributed by atoms with E-state index in [-0.39, 0.29) is 6.17 Å². The van der Waals surface area contributed by atoms with Gasteiger partial charge in [-0.2, -0.15) is 0 Å². The standard InChI is InChI=1S/C12H11N3/c1-2-4-10(5-3-1)11-9-15-7-6-13-12(15)8-14-11/h1-7,9,12-14H. The van der Waals surface area contributed by atoms with Crippen LogP contribution in [0.4, 0.5) is 0 Å². The number of fused-ring (bicyclic) bond motifs is 1. The van der Waals surface area contributed by atoms with Crippen LogP contribution in [0, 0.1) is 6.54 Å². The highest BCUT2D eigenvalue weighted by Gasteiger charge is 2.23. The lowest BCUT2D eigenvalue weighted by Gasteiger charge is -2.28. The average Bonchev–Trinajstić information content (AvgIpc) is 2.77. The number of rotatable bonds is 1. The van der Waals surface area contributed by atoms with Gasteiger partial charge in [0.15, 0.2) is 0 Å². The number of hydrogen-bond donors (Lipinski definition) is 2. The lowest BCUT2D eigenvalue weighted by Crippen LogP contribution is -2.40. The first-order valence-electron chi connectivity index (χ1n) is 4.92. The van der Waals surface area contributed by atoms with Gasteiger partial charge < -0.3 is 15.5 Å². The molecule has 0 aliphatic carbocycles. The van der Waals surface area contributed by atoms with E-state index in [2.05, 4.69) is 40.4 Å². The molecule has 3 heteroatoms. The van der Waals surface area contributed by atoms with E-state index in [4.69, 9.17) is 0 Å². The summed E-state index contributed by atoms with van der Waals surface area (Å²) in [6.07, 6.45) is 6.12. The van der Waals surface area contributed by atoms with Crippen molar-refractivity contribution in [1.82, 2.24) is 15.5 Å². The first kappa shape index (κ1) is 8.41. The van der Waals surface area contributed by atoms with Crippen molar-refractivity contribution >= 4 is 5.70 Å². The lowest BCUT2D eigenvalue weighted by molar-refractivity contribution is 0.383. The second-order valence-electron chi connectivity index (χ2n) is 3.51. The van der Waals surface area contributed by atoms with Crippen molar-refractivity contribution in [2.75, 3.05) is 0 Å². The molecule has 1 unspecified atom stereocenters. The van der Waals surface area contributed by atoms with Crippen LogP contribution in [-0.2, 0) is 0 Å². The smallest absolute Gasteiger partial charge is 0.136 e. The van der Waals surface area contributed by atoms with Crippen LogP contribution in [0.2, 0.25) is 0 Å². The first-order valence-corrected chi connectivity index (χ1v) is 4.92. The highest BCUT2D eigenvalue weighted by Crippen LogP contribution is 2.20. The van der Waals surface area contributed by atoms with Gasteiger partial charge >= 0.3 is 0 Å². The molecule has 2 heterocycles. The fourth-order valence-corrected chi connectivity index (χ4v) is 1.72. The highest BCUT2D eigenvalue weighted by atomic mass is 15.3. The Morgan fingerprint density at radius 1 is 1.20 bits per heavy atom. The normalized spacial score (nSPS) is 22.8. The Bertz CT molecular complexity index is 408. The molecule has 74 valence electrons. The van der Waals surface area contributed by atoms with Gasteiger partial charge in [-0.15, -0.1) is 0 Å². The number of nitrogens with zero attached hydrogens (tertiary/aromatic N) is 1. The Balaban J connectivity index is 1.91. The number of hydrogen-bond acceptors (Lipinski definition) is 3. The van der Waals surface area contributed by atoms with Gasteiger partial charge in [0.25, 0.3) is 0 Å². The zero-order valence-electron chi connectivity index (χ0n) is 8.14. The fourth-order valence-electron chi connectivity index (χ4n) is 1.72. The van der Waals surface area contributed by atoms with Crippen LogP contribution in [0.1, 0.15) is 5.56 Å².